The molecule has 2 N–H and O–H groups in total. The summed E-state index contributed by atoms with van der Waals surface area (Å²) in [5, 5.41) is 5.55. The maximum atomic E-state index is 14.1. The van der Waals surface area contributed by atoms with Gasteiger partial charge in [-0.1, -0.05) is 6.07 Å². The highest BCUT2D eigenvalue weighted by atomic mass is 19.1. The molecular weight excluding hydrogens is 418 g/mol. The average Bonchev–Trinajstić information content (AvgIpc) is 2.80. The molecule has 2 amide bonds. The summed E-state index contributed by atoms with van der Waals surface area (Å²) in [6.07, 6.45) is 5.52. The van der Waals surface area contributed by atoms with Crippen molar-refractivity contribution in [3.05, 3.63) is 77.9 Å². The summed E-state index contributed by atoms with van der Waals surface area (Å²) in [6.45, 7) is 1.16. The lowest BCUT2D eigenvalue weighted by atomic mass is 10.0. The van der Waals surface area contributed by atoms with Gasteiger partial charge in [0, 0.05) is 31.6 Å². The second kappa shape index (κ2) is 9.61. The lowest BCUT2D eigenvalue weighted by molar-refractivity contribution is 0.0697. The van der Waals surface area contributed by atoms with E-state index in [9.17, 15) is 18.4 Å². The van der Waals surface area contributed by atoms with Crippen molar-refractivity contribution in [1.82, 2.24) is 15.3 Å². The molecular formula is C23H20F2N4O3. The Morgan fingerprint density at radius 1 is 1.00 bits per heavy atom. The maximum Gasteiger partial charge on any atom is 0.274 e. The normalized spacial score (nSPS) is 14.1. The summed E-state index contributed by atoms with van der Waals surface area (Å²) < 4.78 is 33.6. The van der Waals surface area contributed by atoms with Crippen LogP contribution >= 0.6 is 0 Å². The van der Waals surface area contributed by atoms with Gasteiger partial charge in [0.15, 0.2) is 0 Å². The molecule has 0 atom stereocenters. The molecule has 0 spiro atoms. The zero-order valence-electron chi connectivity index (χ0n) is 17.0. The van der Waals surface area contributed by atoms with E-state index in [0.29, 0.717) is 26.1 Å². The quantitative estimate of drug-likeness (QED) is 0.635. The second-order valence-electron chi connectivity index (χ2n) is 7.26. The van der Waals surface area contributed by atoms with Crippen LogP contribution in [0.15, 0.2) is 55.0 Å². The largest absolute Gasteiger partial charge is 0.381 e. The highest BCUT2D eigenvalue weighted by Crippen LogP contribution is 2.26. The van der Waals surface area contributed by atoms with Gasteiger partial charge in [0.1, 0.15) is 17.3 Å². The Morgan fingerprint density at radius 2 is 1.75 bits per heavy atom. The third-order valence-corrected chi connectivity index (χ3v) is 5.11. The van der Waals surface area contributed by atoms with Gasteiger partial charge in [-0.05, 0) is 48.7 Å². The molecule has 1 aliphatic rings. The average molecular weight is 438 g/mol. The van der Waals surface area contributed by atoms with E-state index in [1.54, 1.807) is 0 Å². The molecule has 1 aromatic carbocycles. The zero-order chi connectivity index (χ0) is 22.5. The van der Waals surface area contributed by atoms with Crippen molar-refractivity contribution in [2.75, 3.05) is 18.5 Å². The van der Waals surface area contributed by atoms with E-state index in [1.165, 1.54) is 42.9 Å². The lowest BCUT2D eigenvalue weighted by Gasteiger charge is -2.23. The molecule has 32 heavy (non-hydrogen) atoms. The molecule has 2 aromatic heterocycles. The molecule has 9 heteroatoms. The van der Waals surface area contributed by atoms with E-state index < -0.39 is 17.5 Å². The van der Waals surface area contributed by atoms with Gasteiger partial charge in [-0.25, -0.2) is 8.78 Å². The summed E-state index contributed by atoms with van der Waals surface area (Å²) in [7, 11) is 0. The van der Waals surface area contributed by atoms with Gasteiger partial charge in [0.05, 0.1) is 23.0 Å². The van der Waals surface area contributed by atoms with Gasteiger partial charge in [0.2, 0.25) is 0 Å². The van der Waals surface area contributed by atoms with Crippen molar-refractivity contribution >= 4 is 17.5 Å². The third-order valence-electron chi connectivity index (χ3n) is 5.11. The first kappa shape index (κ1) is 21.5. The number of aromatic nitrogens is 2. The summed E-state index contributed by atoms with van der Waals surface area (Å²) in [4.78, 5) is 33.5. The molecule has 3 heterocycles. The maximum absolute atomic E-state index is 14.1. The molecule has 1 fully saturated rings. The van der Waals surface area contributed by atoms with E-state index in [4.69, 9.17) is 4.74 Å². The molecule has 7 nitrogen and oxygen atoms in total. The first-order chi connectivity index (χ1) is 15.5. The second-order valence-corrected chi connectivity index (χ2v) is 7.26. The van der Waals surface area contributed by atoms with E-state index >= 15 is 0 Å². The van der Waals surface area contributed by atoms with Gasteiger partial charge in [-0.15, -0.1) is 0 Å². The number of halogens is 2. The fraction of sp³-hybridized carbons (Fsp3) is 0.217. The van der Waals surface area contributed by atoms with Gasteiger partial charge < -0.3 is 15.4 Å². The lowest BCUT2D eigenvalue weighted by Crippen LogP contribution is -2.39. The number of ether oxygens (including phenoxy) is 1. The van der Waals surface area contributed by atoms with Crippen LogP contribution in [-0.4, -0.2) is 41.0 Å². The summed E-state index contributed by atoms with van der Waals surface area (Å²) in [6, 6.07) is 7.72. The van der Waals surface area contributed by atoms with Gasteiger partial charge in [-0.3, -0.25) is 19.6 Å². The number of anilines is 1. The standard InChI is InChI=1S/C23H20F2N4O3/c24-17-2-1-3-18(25)21(17)14-4-9-27-19(12-14)23(31)29-20-13-26-8-5-16(20)22(30)28-15-6-10-32-11-7-15/h1-5,8-9,12-13,15H,6-7,10-11H2,(H,28,30)(H,29,31). The van der Waals surface area contributed by atoms with E-state index in [2.05, 4.69) is 20.6 Å². The highest BCUT2D eigenvalue weighted by Gasteiger charge is 2.21. The molecule has 4 rings (SSSR count). The summed E-state index contributed by atoms with van der Waals surface area (Å²) in [5.41, 5.74) is 0.304. The number of hydrogen-bond acceptors (Lipinski definition) is 5. The van der Waals surface area contributed by atoms with E-state index in [-0.39, 0.29) is 40.0 Å². The molecule has 164 valence electrons. The first-order valence-electron chi connectivity index (χ1n) is 10.1. The smallest absolute Gasteiger partial charge is 0.274 e. The van der Waals surface area contributed by atoms with Crippen molar-refractivity contribution in [1.29, 1.82) is 0 Å². The number of nitrogens with zero attached hydrogens (tertiary/aromatic N) is 2. The van der Waals surface area contributed by atoms with Gasteiger partial charge >= 0.3 is 0 Å². The summed E-state index contributed by atoms with van der Waals surface area (Å²) in [5.74, 6) is -2.48. The number of benzene rings is 1. The Kier molecular flexibility index (Phi) is 6.46. The Balaban J connectivity index is 1.54. The van der Waals surface area contributed by atoms with Crippen LogP contribution in [0.4, 0.5) is 14.5 Å². The number of carbonyl (C=O) groups is 2. The van der Waals surface area contributed by atoms with Crippen LogP contribution < -0.4 is 10.6 Å². The first-order valence-corrected chi connectivity index (χ1v) is 10.1. The number of pyridine rings is 2. The van der Waals surface area contributed by atoms with Gasteiger partial charge in [0.25, 0.3) is 11.8 Å². The van der Waals surface area contributed by atoms with Crippen molar-refractivity contribution in [2.45, 2.75) is 18.9 Å². The van der Waals surface area contributed by atoms with Gasteiger partial charge in [-0.2, -0.15) is 0 Å². The van der Waals surface area contributed by atoms with Crippen molar-refractivity contribution in [3.63, 3.8) is 0 Å². The predicted molar refractivity (Wildman–Crippen MR) is 113 cm³/mol. The molecule has 0 unspecified atom stereocenters. The molecule has 0 aliphatic carbocycles. The van der Waals surface area contributed by atoms with Crippen LogP contribution in [0, 0.1) is 11.6 Å². The summed E-state index contributed by atoms with van der Waals surface area (Å²) >= 11 is 0. The minimum absolute atomic E-state index is 0.0121. The number of rotatable bonds is 5. The topological polar surface area (TPSA) is 93.2 Å². The SMILES string of the molecule is O=C(Nc1cnccc1C(=O)NC1CCOCC1)c1cc(-c2c(F)cccc2F)ccn1. The number of hydrogen-bond donors (Lipinski definition) is 2. The molecule has 0 saturated carbocycles. The Hall–Kier alpha value is -3.72. The zero-order valence-corrected chi connectivity index (χ0v) is 17.0. The van der Waals surface area contributed by atoms with Crippen molar-refractivity contribution in [2.24, 2.45) is 0 Å². The number of amides is 2. The van der Waals surface area contributed by atoms with E-state index in [0.717, 1.165) is 12.1 Å². The highest BCUT2D eigenvalue weighted by molar-refractivity contribution is 6.08. The van der Waals surface area contributed by atoms with E-state index in [1.807, 2.05) is 0 Å². The molecule has 1 saturated heterocycles. The molecule has 1 aliphatic heterocycles. The Morgan fingerprint density at radius 3 is 2.50 bits per heavy atom. The van der Waals surface area contributed by atoms with Crippen LogP contribution in [0.5, 0.6) is 0 Å². The fourth-order valence-electron chi connectivity index (χ4n) is 3.47. The van der Waals surface area contributed by atoms with Crippen LogP contribution in [0.3, 0.4) is 0 Å². The molecule has 0 bridgehead atoms. The molecule has 0 radical (unpaired) electrons. The number of carbonyl (C=O) groups excluding carboxylic acids is 2. The van der Waals surface area contributed by atoms with Crippen LogP contribution in [-0.2, 0) is 4.74 Å². The minimum Gasteiger partial charge on any atom is -0.381 e. The number of nitrogens with one attached hydrogen (secondary N) is 2. The molecule has 3 aromatic rings. The van der Waals surface area contributed by atoms with Crippen LogP contribution in [0.25, 0.3) is 11.1 Å². The van der Waals surface area contributed by atoms with Crippen LogP contribution in [0.1, 0.15) is 33.7 Å². The van der Waals surface area contributed by atoms with Crippen molar-refractivity contribution in [3.8, 4) is 11.1 Å². The Labute approximate surface area is 182 Å². The predicted octanol–water partition coefficient (Wildman–Crippen LogP) is 3.58. The minimum atomic E-state index is -0.748. The van der Waals surface area contributed by atoms with Crippen molar-refractivity contribution < 1.29 is 23.1 Å². The van der Waals surface area contributed by atoms with Crippen LogP contribution in [0.2, 0.25) is 0 Å². The fourth-order valence-corrected chi connectivity index (χ4v) is 3.47. The third kappa shape index (κ3) is 4.78. The Bertz CT molecular complexity index is 1130. The monoisotopic (exact) mass is 438 g/mol.